The molecule has 12 heavy (non-hydrogen) atoms. The number of nitrogens with zero attached hydrogens (tertiary/aromatic N) is 3. The van der Waals surface area contributed by atoms with Crippen LogP contribution in [0.4, 0.5) is 0 Å². The Bertz CT molecular complexity index is 350. The number of aryl methyl sites for hydroxylation is 1. The van der Waals surface area contributed by atoms with Crippen LogP contribution in [0.5, 0.6) is 0 Å². The van der Waals surface area contributed by atoms with Crippen LogP contribution < -0.4 is 0 Å². The lowest BCUT2D eigenvalue weighted by Crippen LogP contribution is -2.01. The Balaban J connectivity index is 2.20. The third kappa shape index (κ3) is 1.38. The smallest absolute Gasteiger partial charge is 0.0794 e. The Kier molecular flexibility index (Phi) is 1.91. The summed E-state index contributed by atoms with van der Waals surface area (Å²) < 4.78 is 1.97. The zero-order valence-corrected chi connectivity index (χ0v) is 7.58. The van der Waals surface area contributed by atoms with E-state index in [1.54, 1.807) is 11.3 Å². The highest BCUT2D eigenvalue weighted by atomic mass is 32.1. The molecule has 0 spiro atoms. The summed E-state index contributed by atoms with van der Waals surface area (Å²) in [6.45, 7) is 2.89. The first-order chi connectivity index (χ1) is 5.86. The van der Waals surface area contributed by atoms with Crippen molar-refractivity contribution in [3.63, 3.8) is 0 Å². The SMILES string of the molecule is Cc1ccnn1Cc1cncs1. The molecule has 0 unspecified atom stereocenters. The monoisotopic (exact) mass is 179 g/mol. The van der Waals surface area contributed by atoms with Gasteiger partial charge in [0.05, 0.1) is 12.1 Å². The van der Waals surface area contributed by atoms with Crippen LogP contribution in [0.25, 0.3) is 0 Å². The van der Waals surface area contributed by atoms with Crippen molar-refractivity contribution in [3.05, 3.63) is 34.5 Å². The molecular formula is C8H9N3S. The van der Waals surface area contributed by atoms with Gasteiger partial charge in [-0.25, -0.2) is 0 Å². The van der Waals surface area contributed by atoms with Crippen LogP contribution in [-0.2, 0) is 6.54 Å². The molecule has 0 aliphatic rings. The first-order valence-corrected chi connectivity index (χ1v) is 4.60. The minimum atomic E-state index is 0.837. The fourth-order valence-electron chi connectivity index (χ4n) is 1.03. The molecule has 0 aliphatic heterocycles. The standard InChI is InChI=1S/C8H9N3S/c1-7-2-3-10-11(7)5-8-4-9-6-12-8/h2-4,6H,5H2,1H3. The number of hydrogen-bond donors (Lipinski definition) is 0. The van der Waals surface area contributed by atoms with Crippen molar-refractivity contribution >= 4 is 11.3 Å². The first-order valence-electron chi connectivity index (χ1n) is 3.72. The highest BCUT2D eigenvalue weighted by molar-refractivity contribution is 7.09. The van der Waals surface area contributed by atoms with Crippen LogP contribution in [0, 0.1) is 6.92 Å². The topological polar surface area (TPSA) is 30.7 Å². The summed E-state index contributed by atoms with van der Waals surface area (Å²) in [5, 5.41) is 4.19. The van der Waals surface area contributed by atoms with Gasteiger partial charge in [0.1, 0.15) is 0 Å². The Labute approximate surface area is 74.7 Å². The van der Waals surface area contributed by atoms with E-state index >= 15 is 0 Å². The van der Waals surface area contributed by atoms with Crippen LogP contribution >= 0.6 is 11.3 Å². The fourth-order valence-corrected chi connectivity index (χ4v) is 1.61. The van der Waals surface area contributed by atoms with Crippen LogP contribution in [0.3, 0.4) is 0 Å². The van der Waals surface area contributed by atoms with Gasteiger partial charge in [0.15, 0.2) is 0 Å². The maximum atomic E-state index is 4.19. The molecule has 0 fully saturated rings. The summed E-state index contributed by atoms with van der Waals surface area (Å²) in [7, 11) is 0. The molecule has 0 N–H and O–H groups in total. The third-order valence-corrected chi connectivity index (χ3v) is 2.48. The maximum absolute atomic E-state index is 4.19. The van der Waals surface area contributed by atoms with Crippen LogP contribution in [-0.4, -0.2) is 14.8 Å². The molecule has 4 heteroatoms. The molecule has 62 valence electrons. The van der Waals surface area contributed by atoms with E-state index in [-0.39, 0.29) is 0 Å². The summed E-state index contributed by atoms with van der Waals surface area (Å²) in [6.07, 6.45) is 3.70. The summed E-state index contributed by atoms with van der Waals surface area (Å²) >= 11 is 1.66. The second kappa shape index (κ2) is 3.06. The van der Waals surface area contributed by atoms with Crippen molar-refractivity contribution in [1.29, 1.82) is 0 Å². The minimum Gasteiger partial charge on any atom is -0.265 e. The normalized spacial score (nSPS) is 10.4. The lowest BCUT2D eigenvalue weighted by atomic mass is 10.4. The lowest BCUT2D eigenvalue weighted by molar-refractivity contribution is 0.671. The Morgan fingerprint density at radius 3 is 3.08 bits per heavy atom. The zero-order valence-electron chi connectivity index (χ0n) is 6.77. The Hall–Kier alpha value is -1.16. The number of rotatable bonds is 2. The molecule has 0 saturated carbocycles. The Morgan fingerprint density at radius 2 is 2.50 bits per heavy atom. The van der Waals surface area contributed by atoms with E-state index in [0.717, 1.165) is 6.54 Å². The molecule has 0 atom stereocenters. The van der Waals surface area contributed by atoms with Gasteiger partial charge in [0, 0.05) is 23.0 Å². The van der Waals surface area contributed by atoms with Crippen molar-refractivity contribution in [1.82, 2.24) is 14.8 Å². The zero-order chi connectivity index (χ0) is 8.39. The molecule has 2 aromatic heterocycles. The minimum absolute atomic E-state index is 0.837. The third-order valence-electron chi connectivity index (χ3n) is 1.72. The summed E-state index contributed by atoms with van der Waals surface area (Å²) in [4.78, 5) is 5.25. The van der Waals surface area contributed by atoms with Gasteiger partial charge in [-0.15, -0.1) is 11.3 Å². The van der Waals surface area contributed by atoms with Crippen molar-refractivity contribution < 1.29 is 0 Å². The maximum Gasteiger partial charge on any atom is 0.0794 e. The van der Waals surface area contributed by atoms with Crippen LogP contribution in [0.15, 0.2) is 24.0 Å². The highest BCUT2D eigenvalue weighted by Gasteiger charge is 1.99. The van der Waals surface area contributed by atoms with Gasteiger partial charge in [-0.1, -0.05) is 0 Å². The molecule has 2 aromatic rings. The second-order valence-corrected chi connectivity index (χ2v) is 3.57. The van der Waals surface area contributed by atoms with Gasteiger partial charge in [-0.05, 0) is 13.0 Å². The number of aromatic nitrogens is 3. The second-order valence-electron chi connectivity index (χ2n) is 2.60. The lowest BCUT2D eigenvalue weighted by Gasteiger charge is -1.99. The van der Waals surface area contributed by atoms with Crippen molar-refractivity contribution in [2.75, 3.05) is 0 Å². The molecule has 2 rings (SSSR count). The first kappa shape index (κ1) is 7.49. The summed E-state index contributed by atoms with van der Waals surface area (Å²) in [5.41, 5.74) is 3.03. The van der Waals surface area contributed by atoms with Crippen molar-refractivity contribution in [2.45, 2.75) is 13.5 Å². The van der Waals surface area contributed by atoms with E-state index in [9.17, 15) is 0 Å². The molecule has 0 aromatic carbocycles. The average molecular weight is 179 g/mol. The molecule has 0 bridgehead atoms. The largest absolute Gasteiger partial charge is 0.265 e. The molecular weight excluding hydrogens is 170 g/mol. The molecule has 0 amide bonds. The van der Waals surface area contributed by atoms with Crippen molar-refractivity contribution in [2.24, 2.45) is 0 Å². The quantitative estimate of drug-likeness (QED) is 0.702. The highest BCUT2D eigenvalue weighted by Crippen LogP contribution is 2.08. The van der Waals surface area contributed by atoms with E-state index < -0.39 is 0 Å². The van der Waals surface area contributed by atoms with E-state index in [0.29, 0.717) is 0 Å². The van der Waals surface area contributed by atoms with Crippen LogP contribution in [0.2, 0.25) is 0 Å². The molecule has 0 aliphatic carbocycles. The van der Waals surface area contributed by atoms with Gasteiger partial charge in [0.25, 0.3) is 0 Å². The number of hydrogen-bond acceptors (Lipinski definition) is 3. The van der Waals surface area contributed by atoms with Gasteiger partial charge in [-0.2, -0.15) is 5.10 Å². The van der Waals surface area contributed by atoms with Gasteiger partial charge in [0.2, 0.25) is 0 Å². The van der Waals surface area contributed by atoms with Crippen LogP contribution in [0.1, 0.15) is 10.6 Å². The predicted octanol–water partition coefficient (Wildman–Crippen LogP) is 1.70. The molecule has 0 saturated heterocycles. The predicted molar refractivity (Wildman–Crippen MR) is 48.2 cm³/mol. The number of thiazole rings is 1. The van der Waals surface area contributed by atoms with Gasteiger partial charge >= 0.3 is 0 Å². The van der Waals surface area contributed by atoms with Gasteiger partial charge < -0.3 is 0 Å². The molecule has 3 nitrogen and oxygen atoms in total. The fraction of sp³-hybridized carbons (Fsp3) is 0.250. The molecule has 0 radical (unpaired) electrons. The Morgan fingerprint density at radius 1 is 1.58 bits per heavy atom. The van der Waals surface area contributed by atoms with Gasteiger partial charge in [-0.3, -0.25) is 9.67 Å². The summed E-state index contributed by atoms with van der Waals surface area (Å²) in [6, 6.07) is 2.00. The van der Waals surface area contributed by atoms with E-state index in [1.807, 2.05) is 35.6 Å². The van der Waals surface area contributed by atoms with Crippen molar-refractivity contribution in [3.8, 4) is 0 Å². The van der Waals surface area contributed by atoms with E-state index in [4.69, 9.17) is 0 Å². The van der Waals surface area contributed by atoms with E-state index in [2.05, 4.69) is 10.1 Å². The average Bonchev–Trinajstić information content (AvgIpc) is 2.65. The van der Waals surface area contributed by atoms with E-state index in [1.165, 1.54) is 10.6 Å². The molecule has 2 heterocycles. The summed E-state index contributed by atoms with van der Waals surface area (Å²) in [5.74, 6) is 0.